The van der Waals surface area contributed by atoms with Gasteiger partial charge in [0, 0.05) is 11.3 Å². The molecule has 0 spiro atoms. The third-order valence-electron chi connectivity index (χ3n) is 2.19. The summed E-state index contributed by atoms with van der Waals surface area (Å²) >= 11 is 0. The van der Waals surface area contributed by atoms with E-state index in [0.717, 1.165) is 0 Å². The molecule has 1 aliphatic heterocycles. The van der Waals surface area contributed by atoms with Gasteiger partial charge in [0.25, 0.3) is 0 Å². The van der Waals surface area contributed by atoms with E-state index in [1.807, 2.05) is 0 Å². The Hall–Kier alpha value is -1.47. The summed E-state index contributed by atoms with van der Waals surface area (Å²) in [5.41, 5.74) is 14.8. The lowest BCUT2D eigenvalue weighted by atomic mass is 10.0. The number of nitrogens with two attached hydrogens (primary N) is 2. The predicted molar refractivity (Wildman–Crippen MR) is 49.6 cm³/mol. The van der Waals surface area contributed by atoms with E-state index in [4.69, 9.17) is 11.5 Å². The molecule has 1 aromatic rings. The number of fused-ring (bicyclic) bond motifs is 1. The quantitative estimate of drug-likeness (QED) is 0.290. The van der Waals surface area contributed by atoms with Crippen LogP contribution in [0.1, 0.15) is 22.1 Å². The number of benzene rings is 1. The molecule has 0 bridgehead atoms. The topological polar surface area (TPSA) is 109 Å². The van der Waals surface area contributed by atoms with Crippen LogP contribution in [0.5, 0.6) is 0 Å². The Balaban J connectivity index is 2.61. The molecule has 1 amide bonds. The first-order chi connectivity index (χ1) is 6.61. The lowest BCUT2D eigenvalue weighted by molar-refractivity contribution is -0.817. The summed E-state index contributed by atoms with van der Waals surface area (Å²) in [5, 5.41) is 10.4. The zero-order valence-electron chi connectivity index (χ0n) is 7.28. The molecule has 0 radical (unpaired) electrons. The normalized spacial score (nSPS) is 26.0. The van der Waals surface area contributed by atoms with Crippen molar-refractivity contribution < 1.29 is 9.97 Å². The van der Waals surface area contributed by atoms with Gasteiger partial charge in [-0.15, -0.1) is 5.43 Å². The number of quaternary nitrogens is 1. The maximum Gasteiger partial charge on any atom is 0.363 e. The number of hydrogen-bond donors (Lipinski definition) is 4. The van der Waals surface area contributed by atoms with Crippen LogP contribution in [-0.2, 0) is 0 Å². The minimum absolute atomic E-state index is 0.293. The van der Waals surface area contributed by atoms with Crippen LogP contribution in [0, 0.1) is 5.21 Å². The smallest absolute Gasteiger partial charge is 0.363 e. The molecule has 2 unspecified atom stereocenters. The van der Waals surface area contributed by atoms with Crippen molar-refractivity contribution in [3.63, 3.8) is 0 Å². The van der Waals surface area contributed by atoms with Crippen molar-refractivity contribution in [1.29, 1.82) is 0 Å². The largest absolute Gasteiger partial charge is 0.605 e. The highest BCUT2D eigenvalue weighted by atomic mass is 16.6. The zero-order chi connectivity index (χ0) is 10.3. The first-order valence-corrected chi connectivity index (χ1v) is 4.10. The second-order valence-corrected chi connectivity index (χ2v) is 3.09. The van der Waals surface area contributed by atoms with Gasteiger partial charge >= 0.3 is 5.91 Å². The van der Waals surface area contributed by atoms with Crippen molar-refractivity contribution in [3.8, 4) is 0 Å². The molecule has 1 aliphatic rings. The van der Waals surface area contributed by atoms with Crippen LogP contribution in [0.4, 0.5) is 5.69 Å². The Labute approximate surface area is 80.0 Å². The average Bonchev–Trinajstić information content (AvgIpc) is 2.14. The van der Waals surface area contributed by atoms with Crippen LogP contribution in [0.15, 0.2) is 18.2 Å². The van der Waals surface area contributed by atoms with E-state index in [9.17, 15) is 10.0 Å². The molecule has 2 rings (SSSR count). The molecule has 1 heterocycles. The Morgan fingerprint density at radius 3 is 2.93 bits per heavy atom. The summed E-state index contributed by atoms with van der Waals surface area (Å²) in [6.45, 7) is 0. The molecule has 0 aromatic heterocycles. The van der Waals surface area contributed by atoms with E-state index in [1.165, 1.54) is 0 Å². The SMILES string of the molecule is Nc1cccc2c1C(N)N[NH+]([O-])C2=O. The monoisotopic (exact) mass is 194 g/mol. The Bertz CT molecular complexity index is 393. The van der Waals surface area contributed by atoms with E-state index < -0.39 is 17.2 Å². The Morgan fingerprint density at radius 2 is 2.21 bits per heavy atom. The fourth-order valence-electron chi connectivity index (χ4n) is 1.53. The Morgan fingerprint density at radius 1 is 1.50 bits per heavy atom. The molecule has 74 valence electrons. The number of carbonyl (C=O) groups is 1. The van der Waals surface area contributed by atoms with Crippen molar-refractivity contribution in [2.45, 2.75) is 6.17 Å². The van der Waals surface area contributed by atoms with E-state index in [2.05, 4.69) is 5.43 Å². The zero-order valence-corrected chi connectivity index (χ0v) is 7.28. The van der Waals surface area contributed by atoms with Crippen molar-refractivity contribution in [1.82, 2.24) is 5.43 Å². The van der Waals surface area contributed by atoms with Crippen LogP contribution >= 0.6 is 0 Å². The van der Waals surface area contributed by atoms with Gasteiger partial charge < -0.3 is 16.7 Å². The number of anilines is 1. The molecule has 6 N–H and O–H groups in total. The van der Waals surface area contributed by atoms with Gasteiger partial charge in [-0.1, -0.05) is 6.07 Å². The maximum atomic E-state index is 11.4. The lowest BCUT2D eigenvalue weighted by Crippen LogP contribution is -3.18. The number of rotatable bonds is 0. The van der Waals surface area contributed by atoms with Gasteiger partial charge in [-0.05, 0) is 12.1 Å². The lowest BCUT2D eigenvalue weighted by Gasteiger charge is -2.30. The molecule has 14 heavy (non-hydrogen) atoms. The molecule has 6 heteroatoms. The number of carbonyl (C=O) groups excluding carboxylic acids is 1. The van der Waals surface area contributed by atoms with Crippen LogP contribution < -0.4 is 22.1 Å². The van der Waals surface area contributed by atoms with E-state index in [-0.39, 0.29) is 0 Å². The van der Waals surface area contributed by atoms with Crippen LogP contribution in [0.25, 0.3) is 0 Å². The second kappa shape index (κ2) is 3.03. The highest BCUT2D eigenvalue weighted by molar-refractivity contribution is 5.91. The number of amides is 1. The van der Waals surface area contributed by atoms with Crippen molar-refractivity contribution >= 4 is 11.6 Å². The first kappa shape index (κ1) is 9.10. The first-order valence-electron chi connectivity index (χ1n) is 4.10. The summed E-state index contributed by atoms with van der Waals surface area (Å²) in [5.74, 6) is -0.589. The molecule has 0 saturated heterocycles. The maximum absolute atomic E-state index is 11.4. The Kier molecular flexibility index (Phi) is 1.97. The van der Waals surface area contributed by atoms with Crippen LogP contribution in [0.3, 0.4) is 0 Å². The van der Waals surface area contributed by atoms with E-state index in [1.54, 1.807) is 18.2 Å². The fraction of sp³-hybridized carbons (Fsp3) is 0.125. The van der Waals surface area contributed by atoms with Gasteiger partial charge in [0.1, 0.15) is 6.17 Å². The summed E-state index contributed by atoms with van der Waals surface area (Å²) in [6.07, 6.45) is -0.698. The van der Waals surface area contributed by atoms with Crippen molar-refractivity contribution in [2.24, 2.45) is 5.73 Å². The molecule has 6 nitrogen and oxygen atoms in total. The highest BCUT2D eigenvalue weighted by Crippen LogP contribution is 2.22. The number of nitrogen functional groups attached to an aromatic ring is 1. The van der Waals surface area contributed by atoms with Crippen molar-refractivity contribution in [2.75, 3.05) is 5.73 Å². The summed E-state index contributed by atoms with van der Waals surface area (Å²) in [7, 11) is 0. The molecular weight excluding hydrogens is 184 g/mol. The minimum atomic E-state index is -0.698. The third-order valence-corrected chi connectivity index (χ3v) is 2.19. The average molecular weight is 194 g/mol. The number of nitrogens with one attached hydrogen (secondary N) is 2. The van der Waals surface area contributed by atoms with Gasteiger partial charge in [0.2, 0.25) is 0 Å². The van der Waals surface area contributed by atoms with Crippen LogP contribution in [0.2, 0.25) is 0 Å². The van der Waals surface area contributed by atoms with E-state index in [0.29, 0.717) is 16.8 Å². The fourth-order valence-corrected chi connectivity index (χ4v) is 1.53. The minimum Gasteiger partial charge on any atom is -0.605 e. The molecule has 1 aromatic carbocycles. The van der Waals surface area contributed by atoms with E-state index >= 15 is 0 Å². The van der Waals surface area contributed by atoms with Gasteiger partial charge in [-0.2, -0.15) is 0 Å². The molecule has 0 aliphatic carbocycles. The summed E-state index contributed by atoms with van der Waals surface area (Å²) in [6, 6.07) is 4.81. The van der Waals surface area contributed by atoms with Gasteiger partial charge in [-0.3, -0.25) is 0 Å². The summed E-state index contributed by atoms with van der Waals surface area (Å²) < 4.78 is 0. The van der Waals surface area contributed by atoms with Gasteiger partial charge in [0.05, 0.1) is 5.56 Å². The standard InChI is InChI=1S/C8H10N4O2/c9-5-3-1-2-4-6(5)7(10)11-12(14)8(4)13/h1-3,7,11-12H,9-10H2. The molecule has 0 saturated carbocycles. The predicted octanol–water partition coefficient (Wildman–Crippen LogP) is -1.73. The molecule has 2 atom stereocenters. The molecular formula is C8H10N4O2. The highest BCUT2D eigenvalue weighted by Gasteiger charge is 2.30. The van der Waals surface area contributed by atoms with Crippen LogP contribution in [-0.4, -0.2) is 5.91 Å². The van der Waals surface area contributed by atoms with Crippen molar-refractivity contribution in [3.05, 3.63) is 34.5 Å². The summed E-state index contributed by atoms with van der Waals surface area (Å²) in [4.78, 5) is 11.4. The second-order valence-electron chi connectivity index (χ2n) is 3.09. The molecule has 0 fully saturated rings. The number of hydroxylamine groups is 1. The van der Waals surface area contributed by atoms with Gasteiger partial charge in [0.15, 0.2) is 0 Å². The number of hydrogen-bond acceptors (Lipinski definition) is 5. The third kappa shape index (κ3) is 1.17. The van der Waals surface area contributed by atoms with Gasteiger partial charge in [-0.25, -0.2) is 9.97 Å².